The largest absolute Gasteiger partial charge is 0.0623 e. The predicted octanol–water partition coefficient (Wildman–Crippen LogP) is -1.31. The van der Waals surface area contributed by atoms with Gasteiger partial charge in [0, 0.05) is 0 Å². The Balaban J connectivity index is 0.000000187. The summed E-state index contributed by atoms with van der Waals surface area (Å²) in [5, 5.41) is 0. The quantitative estimate of drug-likeness (QED) is 0.509. The fourth-order valence-corrected chi connectivity index (χ4v) is 0.385. The van der Waals surface area contributed by atoms with Gasteiger partial charge >= 0.3 is 29.4 Å². The molecule has 0 bridgehead atoms. The van der Waals surface area contributed by atoms with Crippen LogP contribution in [0.5, 0.6) is 0 Å². The van der Waals surface area contributed by atoms with Crippen LogP contribution >= 0.6 is 0 Å². The molecule has 62 valence electrons. The van der Waals surface area contributed by atoms with Gasteiger partial charge in [-0.2, -0.15) is 0 Å². The molecule has 0 N–H and O–H groups in total. The molecule has 0 unspecified atom stereocenters. The maximum Gasteiger partial charge on any atom is -0.0623 e. The fourth-order valence-electron chi connectivity index (χ4n) is 0.385. The Morgan fingerprint density at radius 2 is 0.818 bits per heavy atom. The van der Waals surface area contributed by atoms with Gasteiger partial charge in [-0.25, -0.2) is 0 Å². The average Bonchev–Trinajstić information content (AvgIpc) is 1.88. The summed E-state index contributed by atoms with van der Waals surface area (Å²) in [4.78, 5) is 0. The first-order valence-electron chi connectivity index (χ1n) is 2.67. The molecule has 1 aromatic carbocycles. The fraction of sp³-hybridized carbons (Fsp3) is 0. The Morgan fingerprint density at radius 3 is 0.909 bits per heavy atom. The van der Waals surface area contributed by atoms with Gasteiger partial charge in [-0.15, -0.1) is 0 Å². The standard InChI is InChI=1S/C6H6.H2O4Se/c1-2-4-6-5-3-1;1-5(2,3)4/h1-6H;(H2,1,2,3,4)/p-2. The van der Waals surface area contributed by atoms with Gasteiger partial charge in [0.25, 0.3) is 0 Å². The maximum atomic E-state index is 8.59. The van der Waals surface area contributed by atoms with Crippen LogP contribution in [0.3, 0.4) is 0 Å². The van der Waals surface area contributed by atoms with E-state index in [-0.39, 0.29) is 0 Å². The third kappa shape index (κ3) is 17.6. The van der Waals surface area contributed by atoms with Crippen LogP contribution in [0.25, 0.3) is 0 Å². The summed E-state index contributed by atoms with van der Waals surface area (Å²) >= 11 is -5.75. The molecule has 0 atom stereocenters. The molecule has 0 amide bonds. The van der Waals surface area contributed by atoms with E-state index < -0.39 is 13.4 Å². The Hall–Kier alpha value is -0.741. The minimum atomic E-state index is -5.75. The van der Waals surface area contributed by atoms with Gasteiger partial charge in [-0.1, -0.05) is 36.4 Å². The number of hydrogen-bond acceptors (Lipinski definition) is 4. The molecule has 5 heteroatoms. The van der Waals surface area contributed by atoms with E-state index in [0.717, 1.165) is 0 Å². The van der Waals surface area contributed by atoms with Crippen molar-refractivity contribution in [2.75, 3.05) is 0 Å². The molecule has 0 aliphatic carbocycles. The van der Waals surface area contributed by atoms with Gasteiger partial charge in [0.2, 0.25) is 0 Å². The summed E-state index contributed by atoms with van der Waals surface area (Å²) in [6, 6.07) is 12.0. The topological polar surface area (TPSA) is 80.3 Å². The molecule has 11 heavy (non-hydrogen) atoms. The SMILES string of the molecule is O=[Se](=O)([O-])[O-].c1ccccc1. The van der Waals surface area contributed by atoms with E-state index >= 15 is 0 Å². The number of rotatable bonds is 0. The first kappa shape index (κ1) is 10.3. The summed E-state index contributed by atoms with van der Waals surface area (Å²) < 4.78 is 34.4. The number of hydrogen-bond donors (Lipinski definition) is 0. The zero-order valence-electron chi connectivity index (χ0n) is 5.51. The zero-order chi connectivity index (χ0) is 8.74. The smallest absolute Gasteiger partial charge is 0.0623 e. The molecule has 0 radical (unpaired) electrons. The van der Waals surface area contributed by atoms with Crippen LogP contribution in [0.15, 0.2) is 36.4 Å². The van der Waals surface area contributed by atoms with Crippen molar-refractivity contribution in [1.29, 1.82) is 0 Å². The monoisotopic (exact) mass is 222 g/mol. The Labute approximate surface area is 66.4 Å². The molecule has 4 nitrogen and oxygen atoms in total. The summed E-state index contributed by atoms with van der Waals surface area (Å²) in [5.74, 6) is 0. The van der Waals surface area contributed by atoms with E-state index in [0.29, 0.717) is 0 Å². The summed E-state index contributed by atoms with van der Waals surface area (Å²) in [7, 11) is 0. The minimum Gasteiger partial charge on any atom is -0.0623 e. The van der Waals surface area contributed by atoms with Crippen molar-refractivity contribution in [2.45, 2.75) is 0 Å². The second-order valence-corrected chi connectivity index (χ2v) is 3.28. The molecule has 1 aromatic rings. The normalized spacial score (nSPS) is 9.64. The summed E-state index contributed by atoms with van der Waals surface area (Å²) in [6.07, 6.45) is 0. The van der Waals surface area contributed by atoms with Crippen LogP contribution in [-0.2, 0) is 7.67 Å². The molecule has 0 heterocycles. The Kier molecular flexibility index (Phi) is 4.65. The second kappa shape index (κ2) is 4.98. The van der Waals surface area contributed by atoms with Gasteiger partial charge < -0.3 is 0 Å². The maximum absolute atomic E-state index is 8.59. The van der Waals surface area contributed by atoms with Gasteiger partial charge in [-0.05, 0) is 0 Å². The zero-order valence-corrected chi connectivity index (χ0v) is 7.22. The summed E-state index contributed by atoms with van der Waals surface area (Å²) in [5.41, 5.74) is 0. The first-order chi connectivity index (χ1) is 5.00. The van der Waals surface area contributed by atoms with E-state index in [1.807, 2.05) is 36.4 Å². The van der Waals surface area contributed by atoms with Crippen molar-refractivity contribution < 1.29 is 16.0 Å². The summed E-state index contributed by atoms with van der Waals surface area (Å²) in [6.45, 7) is 0. The third-order valence-electron chi connectivity index (χ3n) is 0.667. The Morgan fingerprint density at radius 1 is 0.727 bits per heavy atom. The van der Waals surface area contributed by atoms with Crippen molar-refractivity contribution in [1.82, 2.24) is 0 Å². The van der Waals surface area contributed by atoms with E-state index in [1.54, 1.807) is 0 Å². The molecule has 0 saturated heterocycles. The van der Waals surface area contributed by atoms with E-state index in [9.17, 15) is 0 Å². The molecule has 0 aliphatic heterocycles. The van der Waals surface area contributed by atoms with Gasteiger partial charge in [0.05, 0.1) is 0 Å². The van der Waals surface area contributed by atoms with Gasteiger partial charge in [0.15, 0.2) is 0 Å². The minimum absolute atomic E-state index is 2.00. The third-order valence-corrected chi connectivity index (χ3v) is 0.667. The van der Waals surface area contributed by atoms with Crippen molar-refractivity contribution in [3.05, 3.63) is 36.4 Å². The van der Waals surface area contributed by atoms with Crippen molar-refractivity contribution >= 4 is 13.4 Å². The van der Waals surface area contributed by atoms with Crippen LogP contribution in [0.4, 0.5) is 0 Å². The molecule has 0 spiro atoms. The van der Waals surface area contributed by atoms with Crippen LogP contribution in [-0.4, -0.2) is 13.4 Å². The second-order valence-electron chi connectivity index (χ2n) is 1.56. The van der Waals surface area contributed by atoms with Crippen molar-refractivity contribution in [2.24, 2.45) is 0 Å². The predicted molar refractivity (Wildman–Crippen MR) is 33.6 cm³/mol. The van der Waals surface area contributed by atoms with Gasteiger partial charge in [-0.3, -0.25) is 0 Å². The van der Waals surface area contributed by atoms with Crippen LogP contribution in [0.2, 0.25) is 0 Å². The molecule has 0 saturated carbocycles. The number of benzene rings is 1. The van der Waals surface area contributed by atoms with Crippen LogP contribution in [0.1, 0.15) is 0 Å². The van der Waals surface area contributed by atoms with Crippen molar-refractivity contribution in [3.8, 4) is 0 Å². The first-order valence-corrected chi connectivity index (χ1v) is 5.46. The molecular formula is C6H6O4Se-2. The Bertz CT molecular complexity index is 231. The van der Waals surface area contributed by atoms with Crippen molar-refractivity contribution in [3.63, 3.8) is 0 Å². The van der Waals surface area contributed by atoms with E-state index in [2.05, 4.69) is 0 Å². The van der Waals surface area contributed by atoms with Crippen LogP contribution in [0, 0.1) is 0 Å². The molecule has 1 rings (SSSR count). The molecule has 0 aliphatic rings. The van der Waals surface area contributed by atoms with Crippen LogP contribution < -0.4 is 8.38 Å². The molecular weight excluding hydrogens is 215 g/mol. The molecule has 0 aromatic heterocycles. The molecule has 0 fully saturated rings. The van der Waals surface area contributed by atoms with E-state index in [1.165, 1.54) is 0 Å². The van der Waals surface area contributed by atoms with E-state index in [4.69, 9.17) is 16.0 Å². The average molecular weight is 221 g/mol. The van der Waals surface area contributed by atoms with Gasteiger partial charge in [0.1, 0.15) is 0 Å².